The smallest absolute Gasteiger partial charge is 0.108 e. The molecule has 4 rings (SSSR count). The molecule has 3 aromatic carbocycles. The maximum Gasteiger partial charge on any atom is 0.108 e. The maximum atomic E-state index is 4.19. The predicted molar refractivity (Wildman–Crippen MR) is 92.1 cm³/mol. The highest BCUT2D eigenvalue weighted by Gasteiger charge is 2.15. The number of hydrogen-bond donors (Lipinski definition) is 0. The molecule has 0 spiro atoms. The molecule has 0 unspecified atom stereocenters. The van der Waals surface area contributed by atoms with Crippen LogP contribution in [0.3, 0.4) is 0 Å². The van der Waals surface area contributed by atoms with Crippen LogP contribution in [0.5, 0.6) is 0 Å². The number of anilines is 3. The van der Waals surface area contributed by atoms with Crippen LogP contribution in [-0.2, 0) is 0 Å². The van der Waals surface area contributed by atoms with Gasteiger partial charge in [0.25, 0.3) is 0 Å². The molecule has 0 aliphatic heterocycles. The second-order valence-corrected chi connectivity index (χ2v) is 5.66. The van der Waals surface area contributed by atoms with E-state index in [4.69, 9.17) is 0 Å². The summed E-state index contributed by atoms with van der Waals surface area (Å²) in [4.78, 5) is 2.24. The number of benzene rings is 3. The van der Waals surface area contributed by atoms with Crippen molar-refractivity contribution in [3.8, 4) is 0 Å². The van der Waals surface area contributed by atoms with Crippen molar-refractivity contribution in [3.05, 3.63) is 78.9 Å². The first kappa shape index (κ1) is 13.0. The minimum Gasteiger partial charge on any atom is -0.309 e. The fourth-order valence-electron chi connectivity index (χ4n) is 2.55. The SMILES string of the molecule is c1ccc(N(c2ccccc2)c2cccc3nnsc23)cc1. The fourth-order valence-corrected chi connectivity index (χ4v) is 3.21. The van der Waals surface area contributed by atoms with Gasteiger partial charge in [-0.1, -0.05) is 47.0 Å². The van der Waals surface area contributed by atoms with E-state index in [0.717, 1.165) is 27.3 Å². The quantitative estimate of drug-likeness (QED) is 0.523. The minimum atomic E-state index is 0.930. The Morgan fingerprint density at radius 3 is 1.95 bits per heavy atom. The number of hydrogen-bond acceptors (Lipinski definition) is 4. The molecule has 0 aliphatic carbocycles. The molecule has 0 fully saturated rings. The van der Waals surface area contributed by atoms with Gasteiger partial charge in [0.2, 0.25) is 0 Å². The Kier molecular flexibility index (Phi) is 3.29. The molecule has 22 heavy (non-hydrogen) atoms. The molecule has 0 aliphatic rings. The lowest BCUT2D eigenvalue weighted by Gasteiger charge is -2.25. The van der Waals surface area contributed by atoms with Gasteiger partial charge in [-0.2, -0.15) is 0 Å². The number of aromatic nitrogens is 2. The van der Waals surface area contributed by atoms with Crippen molar-refractivity contribution in [2.45, 2.75) is 0 Å². The lowest BCUT2D eigenvalue weighted by Crippen LogP contribution is -2.09. The van der Waals surface area contributed by atoms with Crippen LogP contribution < -0.4 is 4.90 Å². The Morgan fingerprint density at radius 2 is 1.32 bits per heavy atom. The molecule has 0 atom stereocenters. The predicted octanol–water partition coefficient (Wildman–Crippen LogP) is 5.16. The molecule has 1 aromatic heterocycles. The van der Waals surface area contributed by atoms with E-state index in [1.54, 1.807) is 0 Å². The Labute approximate surface area is 132 Å². The Bertz CT molecular complexity index is 848. The minimum absolute atomic E-state index is 0.930. The first-order valence-corrected chi connectivity index (χ1v) is 7.82. The summed E-state index contributed by atoms with van der Waals surface area (Å²) in [7, 11) is 0. The zero-order valence-electron chi connectivity index (χ0n) is 11.8. The third-order valence-electron chi connectivity index (χ3n) is 3.52. The van der Waals surface area contributed by atoms with E-state index in [2.05, 4.69) is 69.1 Å². The van der Waals surface area contributed by atoms with Crippen LogP contribution in [0, 0.1) is 0 Å². The van der Waals surface area contributed by atoms with E-state index < -0.39 is 0 Å². The summed E-state index contributed by atoms with van der Waals surface area (Å²) in [6.07, 6.45) is 0. The van der Waals surface area contributed by atoms with Gasteiger partial charge in [-0.05, 0) is 47.9 Å². The van der Waals surface area contributed by atoms with Gasteiger partial charge < -0.3 is 4.90 Å². The van der Waals surface area contributed by atoms with Crippen molar-refractivity contribution in [2.75, 3.05) is 4.90 Å². The fraction of sp³-hybridized carbons (Fsp3) is 0. The number of nitrogens with zero attached hydrogens (tertiary/aromatic N) is 3. The highest BCUT2D eigenvalue weighted by molar-refractivity contribution is 7.13. The van der Waals surface area contributed by atoms with E-state index in [1.165, 1.54) is 11.5 Å². The van der Waals surface area contributed by atoms with Gasteiger partial charge in [0.15, 0.2) is 0 Å². The molecule has 4 heteroatoms. The van der Waals surface area contributed by atoms with E-state index in [0.29, 0.717) is 0 Å². The van der Waals surface area contributed by atoms with Crippen molar-refractivity contribution in [1.29, 1.82) is 0 Å². The van der Waals surface area contributed by atoms with Crippen molar-refractivity contribution >= 4 is 38.8 Å². The van der Waals surface area contributed by atoms with Crippen LogP contribution in [0.15, 0.2) is 78.9 Å². The molecule has 0 saturated carbocycles. The molecular formula is C18H13N3S. The Balaban J connectivity index is 1.97. The van der Waals surface area contributed by atoms with Crippen molar-refractivity contribution in [1.82, 2.24) is 9.59 Å². The maximum absolute atomic E-state index is 4.19. The molecule has 0 N–H and O–H groups in total. The van der Waals surface area contributed by atoms with Gasteiger partial charge in [0.1, 0.15) is 5.52 Å². The lowest BCUT2D eigenvalue weighted by atomic mass is 10.2. The van der Waals surface area contributed by atoms with Crippen molar-refractivity contribution in [3.63, 3.8) is 0 Å². The van der Waals surface area contributed by atoms with E-state index >= 15 is 0 Å². The van der Waals surface area contributed by atoms with Crippen LogP contribution in [-0.4, -0.2) is 9.59 Å². The molecule has 4 aromatic rings. The zero-order chi connectivity index (χ0) is 14.8. The summed E-state index contributed by atoms with van der Waals surface area (Å²) >= 11 is 1.43. The highest BCUT2D eigenvalue weighted by Crippen LogP contribution is 2.39. The van der Waals surface area contributed by atoms with Crippen LogP contribution in [0.4, 0.5) is 17.1 Å². The topological polar surface area (TPSA) is 29.0 Å². The molecule has 0 radical (unpaired) electrons. The number of rotatable bonds is 3. The number of para-hydroxylation sites is 2. The van der Waals surface area contributed by atoms with Gasteiger partial charge in [-0.3, -0.25) is 0 Å². The summed E-state index contributed by atoms with van der Waals surface area (Å²) in [6.45, 7) is 0. The van der Waals surface area contributed by atoms with E-state index in [9.17, 15) is 0 Å². The summed E-state index contributed by atoms with van der Waals surface area (Å²) in [5.41, 5.74) is 4.27. The largest absolute Gasteiger partial charge is 0.309 e. The van der Waals surface area contributed by atoms with Crippen LogP contribution in [0.1, 0.15) is 0 Å². The normalized spacial score (nSPS) is 10.7. The van der Waals surface area contributed by atoms with Crippen molar-refractivity contribution < 1.29 is 0 Å². The molecule has 0 amide bonds. The second kappa shape index (κ2) is 5.58. The van der Waals surface area contributed by atoms with Crippen LogP contribution >= 0.6 is 11.5 Å². The first-order valence-electron chi connectivity index (χ1n) is 7.05. The first-order chi connectivity index (χ1) is 10.9. The molecular weight excluding hydrogens is 290 g/mol. The monoisotopic (exact) mass is 303 g/mol. The zero-order valence-corrected chi connectivity index (χ0v) is 12.6. The molecule has 106 valence electrons. The van der Waals surface area contributed by atoms with Crippen LogP contribution in [0.25, 0.3) is 10.2 Å². The summed E-state index contributed by atoms with van der Waals surface area (Å²) in [6, 6.07) is 26.8. The molecule has 1 heterocycles. The van der Waals surface area contributed by atoms with E-state index in [1.807, 2.05) is 24.3 Å². The Hall–Kier alpha value is -2.72. The van der Waals surface area contributed by atoms with Gasteiger partial charge >= 0.3 is 0 Å². The average molecular weight is 303 g/mol. The highest BCUT2D eigenvalue weighted by atomic mass is 32.1. The average Bonchev–Trinajstić information content (AvgIpc) is 3.07. The molecule has 0 saturated heterocycles. The van der Waals surface area contributed by atoms with Gasteiger partial charge in [-0.25, -0.2) is 0 Å². The molecule has 0 bridgehead atoms. The summed E-state index contributed by atoms with van der Waals surface area (Å²) in [5, 5.41) is 4.19. The van der Waals surface area contributed by atoms with Crippen molar-refractivity contribution in [2.24, 2.45) is 0 Å². The Morgan fingerprint density at radius 1 is 0.682 bits per heavy atom. The van der Waals surface area contributed by atoms with Gasteiger partial charge in [-0.15, -0.1) is 5.10 Å². The lowest BCUT2D eigenvalue weighted by molar-refractivity contribution is 1.20. The van der Waals surface area contributed by atoms with E-state index in [-0.39, 0.29) is 0 Å². The van der Waals surface area contributed by atoms with Crippen LogP contribution in [0.2, 0.25) is 0 Å². The second-order valence-electron chi connectivity index (χ2n) is 4.90. The van der Waals surface area contributed by atoms with Gasteiger partial charge in [0.05, 0.1) is 10.4 Å². The third kappa shape index (κ3) is 2.23. The molecule has 3 nitrogen and oxygen atoms in total. The number of fused-ring (bicyclic) bond motifs is 1. The summed E-state index contributed by atoms with van der Waals surface area (Å²) < 4.78 is 5.19. The summed E-state index contributed by atoms with van der Waals surface area (Å²) in [5.74, 6) is 0. The third-order valence-corrected chi connectivity index (χ3v) is 4.29. The standard InChI is InChI=1S/C18H13N3S/c1-3-8-14(9-4-1)21(15-10-5-2-6-11-15)17-13-7-12-16-18(17)22-20-19-16/h1-13H. The van der Waals surface area contributed by atoms with Gasteiger partial charge in [0, 0.05) is 11.4 Å².